The minimum absolute atomic E-state index is 0.816. The Morgan fingerprint density at radius 1 is 1.04 bits per heavy atom. The molecule has 5 heteroatoms. The zero-order valence-electron chi connectivity index (χ0n) is 14.1. The van der Waals surface area contributed by atoms with E-state index in [-0.39, 0.29) is 0 Å². The van der Waals surface area contributed by atoms with Gasteiger partial charge in [-0.2, -0.15) is 5.10 Å². The molecule has 2 aromatic heterocycles. The largest absolute Gasteiger partial charge is 0.303 e. The van der Waals surface area contributed by atoms with Crippen LogP contribution in [-0.2, 0) is 6.42 Å². The smallest absolute Gasteiger partial charge is 0.148 e. The highest BCUT2D eigenvalue weighted by atomic mass is 15.4. The summed E-state index contributed by atoms with van der Waals surface area (Å²) in [6.07, 6.45) is 6.76. The summed E-state index contributed by atoms with van der Waals surface area (Å²) in [6, 6.07) is 10.3. The number of pyridine rings is 1. The third kappa shape index (κ3) is 3.04. The summed E-state index contributed by atoms with van der Waals surface area (Å²) in [7, 11) is 0. The van der Waals surface area contributed by atoms with Crippen molar-refractivity contribution >= 4 is 10.9 Å². The summed E-state index contributed by atoms with van der Waals surface area (Å²) in [5.41, 5.74) is 1.99. The van der Waals surface area contributed by atoms with Gasteiger partial charge in [-0.25, -0.2) is 9.67 Å². The van der Waals surface area contributed by atoms with E-state index >= 15 is 0 Å². The zero-order chi connectivity index (χ0) is 16.4. The molecule has 1 fully saturated rings. The van der Waals surface area contributed by atoms with E-state index in [9.17, 15) is 0 Å². The maximum absolute atomic E-state index is 4.68. The van der Waals surface area contributed by atoms with Gasteiger partial charge in [-0.15, -0.1) is 0 Å². The van der Waals surface area contributed by atoms with Crippen molar-refractivity contribution < 1.29 is 0 Å². The number of piperidine rings is 1. The van der Waals surface area contributed by atoms with Crippen LogP contribution in [0.2, 0.25) is 0 Å². The molecule has 0 radical (unpaired) electrons. The first-order chi connectivity index (χ1) is 11.8. The predicted octanol–water partition coefficient (Wildman–Crippen LogP) is 3.15. The number of likely N-dealkylation sites (tertiary alicyclic amines) is 1. The van der Waals surface area contributed by atoms with E-state index in [0.717, 1.165) is 41.2 Å². The Hall–Kier alpha value is -2.27. The molecule has 1 aliphatic heterocycles. The van der Waals surface area contributed by atoms with Gasteiger partial charge in [0.05, 0.1) is 11.2 Å². The number of hydrogen-bond acceptors (Lipinski definition) is 4. The number of nitrogens with zero attached hydrogens (tertiary/aromatic N) is 5. The second-order valence-corrected chi connectivity index (χ2v) is 6.49. The maximum Gasteiger partial charge on any atom is 0.148 e. The Bertz CT molecular complexity index is 827. The van der Waals surface area contributed by atoms with E-state index in [0.29, 0.717) is 0 Å². The number of aryl methyl sites for hydroxylation is 1. The van der Waals surface area contributed by atoms with Gasteiger partial charge in [0.15, 0.2) is 0 Å². The lowest BCUT2D eigenvalue weighted by atomic mass is 10.1. The normalized spacial score (nSPS) is 15.9. The lowest BCUT2D eigenvalue weighted by molar-refractivity contribution is 0.230. The molecule has 0 atom stereocenters. The van der Waals surface area contributed by atoms with Gasteiger partial charge in [0.25, 0.3) is 0 Å². The molecular weight excluding hydrogens is 298 g/mol. The summed E-state index contributed by atoms with van der Waals surface area (Å²) in [6.45, 7) is 5.43. The maximum atomic E-state index is 4.68. The molecule has 0 saturated carbocycles. The van der Waals surface area contributed by atoms with Crippen molar-refractivity contribution in [2.45, 2.75) is 32.6 Å². The minimum atomic E-state index is 0.816. The molecule has 0 aliphatic carbocycles. The van der Waals surface area contributed by atoms with Crippen molar-refractivity contribution in [3.8, 4) is 5.69 Å². The van der Waals surface area contributed by atoms with Crippen LogP contribution in [0.25, 0.3) is 16.6 Å². The zero-order valence-corrected chi connectivity index (χ0v) is 14.1. The van der Waals surface area contributed by atoms with Gasteiger partial charge in [0.1, 0.15) is 11.6 Å². The predicted molar refractivity (Wildman–Crippen MR) is 95.4 cm³/mol. The van der Waals surface area contributed by atoms with E-state index in [2.05, 4.69) is 44.2 Å². The minimum Gasteiger partial charge on any atom is -0.303 e. The van der Waals surface area contributed by atoms with Crippen molar-refractivity contribution in [1.82, 2.24) is 24.6 Å². The topological polar surface area (TPSA) is 46.8 Å². The van der Waals surface area contributed by atoms with E-state index < -0.39 is 0 Å². The molecule has 1 aliphatic rings. The van der Waals surface area contributed by atoms with E-state index in [1.54, 1.807) is 0 Å². The van der Waals surface area contributed by atoms with Crippen LogP contribution in [0.3, 0.4) is 0 Å². The highest BCUT2D eigenvalue weighted by Crippen LogP contribution is 2.21. The Balaban J connectivity index is 1.65. The number of benzene rings is 1. The average Bonchev–Trinajstić information content (AvgIpc) is 3.01. The molecule has 3 heterocycles. The van der Waals surface area contributed by atoms with Crippen LogP contribution in [0.1, 0.15) is 30.9 Å². The Kier molecular flexibility index (Phi) is 4.26. The fourth-order valence-corrected chi connectivity index (χ4v) is 3.51. The number of aromatic nitrogens is 4. The van der Waals surface area contributed by atoms with Crippen LogP contribution in [-0.4, -0.2) is 44.3 Å². The molecule has 5 nitrogen and oxygen atoms in total. The third-order valence-corrected chi connectivity index (χ3v) is 4.72. The molecule has 0 N–H and O–H groups in total. The number of para-hydroxylation sites is 1. The lowest BCUT2D eigenvalue weighted by Crippen LogP contribution is -2.32. The number of rotatable bonds is 4. The van der Waals surface area contributed by atoms with Crippen LogP contribution < -0.4 is 0 Å². The van der Waals surface area contributed by atoms with Crippen molar-refractivity contribution in [2.24, 2.45) is 0 Å². The molecule has 124 valence electrons. The highest BCUT2D eigenvalue weighted by molar-refractivity contribution is 5.86. The lowest BCUT2D eigenvalue weighted by Gasteiger charge is -2.26. The van der Waals surface area contributed by atoms with Crippen LogP contribution in [0.15, 0.2) is 36.5 Å². The number of hydrogen-bond donors (Lipinski definition) is 0. The number of fused-ring (bicyclic) bond motifs is 1. The van der Waals surface area contributed by atoms with Crippen molar-refractivity contribution in [3.63, 3.8) is 0 Å². The first-order valence-corrected chi connectivity index (χ1v) is 8.80. The fraction of sp³-hybridized carbons (Fsp3) is 0.421. The van der Waals surface area contributed by atoms with Gasteiger partial charge >= 0.3 is 0 Å². The quantitative estimate of drug-likeness (QED) is 0.740. The summed E-state index contributed by atoms with van der Waals surface area (Å²) < 4.78 is 1.98. The van der Waals surface area contributed by atoms with Crippen molar-refractivity contribution in [3.05, 3.63) is 48.2 Å². The van der Waals surface area contributed by atoms with E-state index in [1.807, 2.05) is 23.9 Å². The van der Waals surface area contributed by atoms with E-state index in [4.69, 9.17) is 0 Å². The van der Waals surface area contributed by atoms with Crippen molar-refractivity contribution in [2.75, 3.05) is 19.6 Å². The molecule has 1 aromatic carbocycles. The van der Waals surface area contributed by atoms with Crippen LogP contribution in [0.4, 0.5) is 0 Å². The fourth-order valence-electron chi connectivity index (χ4n) is 3.51. The molecule has 0 unspecified atom stereocenters. The molecule has 3 aromatic rings. The highest BCUT2D eigenvalue weighted by Gasteiger charge is 2.15. The van der Waals surface area contributed by atoms with Crippen molar-refractivity contribution in [1.29, 1.82) is 0 Å². The van der Waals surface area contributed by atoms with Gasteiger partial charge in [-0.05, 0) is 45.0 Å². The molecule has 1 saturated heterocycles. The molecule has 4 rings (SSSR count). The Morgan fingerprint density at radius 2 is 1.88 bits per heavy atom. The van der Waals surface area contributed by atoms with Gasteiger partial charge < -0.3 is 4.90 Å². The van der Waals surface area contributed by atoms with Crippen LogP contribution >= 0.6 is 0 Å². The standard InChI is InChI=1S/C19H23N5/c1-15-21-18(10-14-23-12-3-2-4-13-23)24(22-15)17-9-5-7-16-8-6-11-20-19(16)17/h5-9,11H,2-4,10,12-14H2,1H3. The average molecular weight is 321 g/mol. The van der Waals surface area contributed by atoms with Crippen LogP contribution in [0, 0.1) is 6.92 Å². The molecular formula is C19H23N5. The second kappa shape index (κ2) is 6.69. The van der Waals surface area contributed by atoms with E-state index in [1.165, 1.54) is 32.4 Å². The molecule has 0 amide bonds. The second-order valence-electron chi connectivity index (χ2n) is 6.49. The van der Waals surface area contributed by atoms with Gasteiger partial charge in [0.2, 0.25) is 0 Å². The Morgan fingerprint density at radius 3 is 2.75 bits per heavy atom. The summed E-state index contributed by atoms with van der Waals surface area (Å²) in [5.74, 6) is 1.84. The molecule has 0 spiro atoms. The summed E-state index contributed by atoms with van der Waals surface area (Å²) in [5, 5.41) is 5.77. The van der Waals surface area contributed by atoms with Crippen LogP contribution in [0.5, 0.6) is 0 Å². The third-order valence-electron chi connectivity index (χ3n) is 4.72. The molecule has 0 bridgehead atoms. The Labute approximate surface area is 142 Å². The first-order valence-electron chi connectivity index (χ1n) is 8.80. The first kappa shape index (κ1) is 15.3. The summed E-state index contributed by atoms with van der Waals surface area (Å²) in [4.78, 5) is 11.8. The van der Waals surface area contributed by atoms with Gasteiger partial charge in [-0.1, -0.05) is 24.6 Å². The van der Waals surface area contributed by atoms with Gasteiger partial charge in [0, 0.05) is 24.5 Å². The monoisotopic (exact) mass is 321 g/mol. The summed E-state index contributed by atoms with van der Waals surface area (Å²) >= 11 is 0. The van der Waals surface area contributed by atoms with Gasteiger partial charge in [-0.3, -0.25) is 4.98 Å². The SMILES string of the molecule is Cc1nc(CCN2CCCCC2)n(-c2cccc3cccnc23)n1. The molecule has 24 heavy (non-hydrogen) atoms.